The number of hydrogen-bond donors (Lipinski definition) is 1. The van der Waals surface area contributed by atoms with E-state index < -0.39 is 0 Å². The van der Waals surface area contributed by atoms with Gasteiger partial charge in [-0.25, -0.2) is 0 Å². The maximum absolute atomic E-state index is 6.07. The zero-order valence-corrected chi connectivity index (χ0v) is 12.9. The van der Waals surface area contributed by atoms with Gasteiger partial charge in [0.1, 0.15) is 5.75 Å². The molecule has 0 radical (unpaired) electrons. The molecule has 3 heteroatoms. The lowest BCUT2D eigenvalue weighted by Crippen LogP contribution is -2.36. The summed E-state index contributed by atoms with van der Waals surface area (Å²) in [6.07, 6.45) is 6.70. The van der Waals surface area contributed by atoms with E-state index in [-0.39, 0.29) is 0 Å². The average molecular weight is 276 g/mol. The van der Waals surface area contributed by atoms with E-state index in [1.807, 2.05) is 0 Å². The number of methoxy groups -OCH3 is 1. The first-order valence-corrected chi connectivity index (χ1v) is 7.85. The molecule has 1 aromatic carbocycles. The van der Waals surface area contributed by atoms with Crippen molar-refractivity contribution in [3.8, 4) is 5.75 Å². The van der Waals surface area contributed by atoms with E-state index in [0.29, 0.717) is 12.6 Å². The van der Waals surface area contributed by atoms with Crippen LogP contribution >= 0.6 is 0 Å². The Morgan fingerprint density at radius 3 is 2.35 bits per heavy atom. The molecule has 0 bridgehead atoms. The van der Waals surface area contributed by atoms with Crippen LogP contribution in [0.1, 0.15) is 49.3 Å². The van der Waals surface area contributed by atoms with Crippen molar-refractivity contribution in [1.29, 1.82) is 0 Å². The van der Waals surface area contributed by atoms with Gasteiger partial charge in [0.05, 0.1) is 7.11 Å². The number of aryl methyl sites for hydroxylation is 1. The van der Waals surface area contributed by atoms with Gasteiger partial charge in [-0.15, -0.1) is 0 Å². The first kappa shape index (κ1) is 15.3. The third-order valence-electron chi connectivity index (χ3n) is 4.36. The van der Waals surface area contributed by atoms with Crippen LogP contribution in [0.15, 0.2) is 18.2 Å². The quantitative estimate of drug-likeness (QED) is 0.917. The lowest BCUT2D eigenvalue weighted by molar-refractivity contribution is 0.183. The van der Waals surface area contributed by atoms with Gasteiger partial charge < -0.3 is 10.5 Å². The van der Waals surface area contributed by atoms with Gasteiger partial charge in [-0.3, -0.25) is 4.90 Å². The van der Waals surface area contributed by atoms with Crippen molar-refractivity contribution < 1.29 is 4.74 Å². The van der Waals surface area contributed by atoms with Gasteiger partial charge in [0.2, 0.25) is 0 Å². The minimum absolute atomic E-state index is 0.345. The molecule has 1 saturated heterocycles. The summed E-state index contributed by atoms with van der Waals surface area (Å²) in [7, 11) is 1.72. The maximum atomic E-state index is 6.07. The van der Waals surface area contributed by atoms with E-state index in [9.17, 15) is 0 Å². The highest BCUT2D eigenvalue weighted by Crippen LogP contribution is 2.27. The minimum atomic E-state index is 0.345. The second-order valence-electron chi connectivity index (χ2n) is 5.78. The molecule has 1 unspecified atom stereocenters. The van der Waals surface area contributed by atoms with Crippen LogP contribution in [-0.2, 0) is 0 Å². The average Bonchev–Trinajstić information content (AvgIpc) is 2.42. The van der Waals surface area contributed by atoms with Crippen molar-refractivity contribution in [3.63, 3.8) is 0 Å². The van der Waals surface area contributed by atoms with Crippen molar-refractivity contribution in [2.24, 2.45) is 5.73 Å². The van der Waals surface area contributed by atoms with Crippen LogP contribution in [0.5, 0.6) is 5.75 Å². The van der Waals surface area contributed by atoms with Gasteiger partial charge in [-0.05, 0) is 50.0 Å². The molecule has 1 aromatic rings. The Hall–Kier alpha value is -1.06. The number of hydrogen-bond acceptors (Lipinski definition) is 3. The highest BCUT2D eigenvalue weighted by atomic mass is 16.5. The summed E-state index contributed by atoms with van der Waals surface area (Å²) in [5.41, 5.74) is 8.59. The monoisotopic (exact) mass is 276 g/mol. The van der Waals surface area contributed by atoms with Gasteiger partial charge in [0.15, 0.2) is 0 Å². The van der Waals surface area contributed by atoms with Gasteiger partial charge in [0.25, 0.3) is 0 Å². The second kappa shape index (κ2) is 7.65. The Balaban J connectivity index is 2.15. The lowest BCUT2D eigenvalue weighted by Gasteiger charge is -2.33. The molecule has 1 heterocycles. The van der Waals surface area contributed by atoms with Crippen LogP contribution < -0.4 is 10.5 Å². The van der Waals surface area contributed by atoms with Crippen LogP contribution in [0.2, 0.25) is 0 Å². The van der Waals surface area contributed by atoms with Crippen LogP contribution in [-0.4, -0.2) is 31.6 Å². The van der Waals surface area contributed by atoms with Crippen LogP contribution in [0, 0.1) is 6.92 Å². The molecule has 20 heavy (non-hydrogen) atoms. The van der Waals surface area contributed by atoms with Crippen LogP contribution in [0.4, 0.5) is 0 Å². The Kier molecular flexibility index (Phi) is 5.86. The van der Waals surface area contributed by atoms with Crippen LogP contribution in [0.3, 0.4) is 0 Å². The zero-order valence-electron chi connectivity index (χ0n) is 12.9. The highest BCUT2D eigenvalue weighted by Gasteiger charge is 2.20. The molecular formula is C17H28N2O. The molecule has 0 spiro atoms. The number of nitrogens with zero attached hydrogens (tertiary/aromatic N) is 1. The SMILES string of the molecule is COc1ccc(C(CN)N2CCCCCCC2)cc1C. The molecule has 1 atom stereocenters. The normalized spacial score (nSPS) is 19.1. The molecule has 1 aliphatic rings. The molecule has 3 nitrogen and oxygen atoms in total. The van der Waals surface area contributed by atoms with Gasteiger partial charge in [0, 0.05) is 12.6 Å². The molecule has 0 saturated carbocycles. The molecule has 1 fully saturated rings. The first-order valence-electron chi connectivity index (χ1n) is 7.85. The van der Waals surface area contributed by atoms with Crippen molar-refractivity contribution in [2.45, 2.75) is 45.1 Å². The maximum Gasteiger partial charge on any atom is 0.121 e. The van der Waals surface area contributed by atoms with Crippen molar-refractivity contribution in [3.05, 3.63) is 29.3 Å². The summed E-state index contributed by atoms with van der Waals surface area (Å²) in [6, 6.07) is 6.81. The fourth-order valence-electron chi connectivity index (χ4n) is 3.19. The molecule has 1 aliphatic heterocycles. The molecular weight excluding hydrogens is 248 g/mol. The number of ether oxygens (including phenoxy) is 1. The van der Waals surface area contributed by atoms with E-state index in [1.54, 1.807) is 7.11 Å². The molecule has 0 amide bonds. The smallest absolute Gasteiger partial charge is 0.121 e. The fourth-order valence-corrected chi connectivity index (χ4v) is 3.19. The predicted molar refractivity (Wildman–Crippen MR) is 84.2 cm³/mol. The molecule has 0 aromatic heterocycles. The summed E-state index contributed by atoms with van der Waals surface area (Å²) >= 11 is 0. The Bertz CT molecular complexity index is 411. The highest BCUT2D eigenvalue weighted by molar-refractivity contribution is 5.37. The Morgan fingerprint density at radius 1 is 1.15 bits per heavy atom. The summed E-state index contributed by atoms with van der Waals surface area (Å²) in [4.78, 5) is 2.57. The van der Waals surface area contributed by atoms with Gasteiger partial charge >= 0.3 is 0 Å². The van der Waals surface area contributed by atoms with Gasteiger partial charge in [-0.1, -0.05) is 31.4 Å². The summed E-state index contributed by atoms with van der Waals surface area (Å²) in [5.74, 6) is 0.956. The van der Waals surface area contributed by atoms with E-state index in [2.05, 4.69) is 30.0 Å². The largest absolute Gasteiger partial charge is 0.496 e. The number of rotatable bonds is 4. The Morgan fingerprint density at radius 2 is 1.80 bits per heavy atom. The molecule has 112 valence electrons. The lowest BCUT2D eigenvalue weighted by atomic mass is 10.00. The fraction of sp³-hybridized carbons (Fsp3) is 0.647. The van der Waals surface area contributed by atoms with Crippen molar-refractivity contribution in [1.82, 2.24) is 4.90 Å². The second-order valence-corrected chi connectivity index (χ2v) is 5.78. The third-order valence-corrected chi connectivity index (χ3v) is 4.36. The minimum Gasteiger partial charge on any atom is -0.496 e. The molecule has 0 aliphatic carbocycles. The third kappa shape index (κ3) is 3.74. The standard InChI is InChI=1S/C17H28N2O/c1-14-12-15(8-9-17(14)20-2)16(13-18)19-10-6-4-3-5-7-11-19/h8-9,12,16H,3-7,10-11,13,18H2,1-2H3. The van der Waals surface area contributed by atoms with E-state index in [4.69, 9.17) is 10.5 Å². The summed E-state index contributed by atoms with van der Waals surface area (Å²) in [6.45, 7) is 5.13. The van der Waals surface area contributed by atoms with E-state index >= 15 is 0 Å². The topological polar surface area (TPSA) is 38.5 Å². The predicted octanol–water partition coefficient (Wildman–Crippen LogP) is 3.27. The molecule has 2 rings (SSSR count). The number of nitrogens with two attached hydrogens (primary N) is 1. The van der Waals surface area contributed by atoms with Crippen molar-refractivity contribution >= 4 is 0 Å². The number of benzene rings is 1. The number of likely N-dealkylation sites (tertiary alicyclic amines) is 1. The zero-order chi connectivity index (χ0) is 14.4. The van der Waals surface area contributed by atoms with Crippen LogP contribution in [0.25, 0.3) is 0 Å². The molecule has 2 N–H and O–H groups in total. The van der Waals surface area contributed by atoms with E-state index in [0.717, 1.165) is 5.75 Å². The Labute approximate surface area is 123 Å². The first-order chi connectivity index (χ1) is 9.76. The van der Waals surface area contributed by atoms with E-state index in [1.165, 1.54) is 56.3 Å². The summed E-state index contributed by atoms with van der Waals surface area (Å²) < 4.78 is 5.35. The summed E-state index contributed by atoms with van der Waals surface area (Å²) in [5, 5.41) is 0. The van der Waals surface area contributed by atoms with Crippen molar-refractivity contribution in [2.75, 3.05) is 26.7 Å². The van der Waals surface area contributed by atoms with Gasteiger partial charge in [-0.2, -0.15) is 0 Å².